The number of alkyl halides is 1. The summed E-state index contributed by atoms with van der Waals surface area (Å²) in [7, 11) is 1.50. The van der Waals surface area contributed by atoms with E-state index in [9.17, 15) is 4.39 Å². The van der Waals surface area contributed by atoms with Gasteiger partial charge in [0.05, 0.1) is 13.8 Å². The third-order valence-corrected chi connectivity index (χ3v) is 2.54. The smallest absolute Gasteiger partial charge is 0.119 e. The van der Waals surface area contributed by atoms with Crippen LogP contribution >= 0.6 is 0 Å². The minimum Gasteiger partial charge on any atom is -0.489 e. The zero-order valence-corrected chi connectivity index (χ0v) is 16.2. The molecular weight excluding hydrogens is 335 g/mol. The fourth-order valence-corrected chi connectivity index (χ4v) is 1.61. The lowest BCUT2D eigenvalue weighted by atomic mass is 10.2. The van der Waals surface area contributed by atoms with E-state index in [1.807, 2.05) is 68.4 Å². The number of nitrogens with one attached hydrogen (secondary N) is 2. The monoisotopic (exact) mass is 368 g/mol. The number of halogens is 1. The van der Waals surface area contributed by atoms with Crippen LogP contribution in [0, 0.1) is 5.41 Å². The van der Waals surface area contributed by atoms with Crippen molar-refractivity contribution in [1.82, 2.24) is 0 Å². The maximum atomic E-state index is 9.50. The van der Waals surface area contributed by atoms with Gasteiger partial charge < -0.3 is 25.7 Å². The molecule has 0 atom stereocenters. The van der Waals surface area contributed by atoms with Gasteiger partial charge in [-0.2, -0.15) is 0 Å². The molecule has 0 aromatic heterocycles. The molecule has 0 heterocycles. The summed E-state index contributed by atoms with van der Waals surface area (Å²) in [4.78, 5) is 0. The van der Waals surface area contributed by atoms with E-state index in [1.54, 1.807) is 0 Å². The molecule has 2 aromatic rings. The molecule has 0 aliphatic rings. The van der Waals surface area contributed by atoms with Gasteiger partial charge in [0.25, 0.3) is 0 Å². The summed E-state index contributed by atoms with van der Waals surface area (Å²) in [5.41, 5.74) is 2.14. The normalized spacial score (nSPS) is 7.81. The Morgan fingerprint density at radius 2 is 1.46 bits per heavy atom. The van der Waals surface area contributed by atoms with Gasteiger partial charge in [0.2, 0.25) is 0 Å². The molecule has 0 saturated heterocycles. The third-order valence-electron chi connectivity index (χ3n) is 2.54. The average molecular weight is 368 g/mol. The first-order chi connectivity index (χ1) is 12.9. The van der Waals surface area contributed by atoms with E-state index in [1.165, 1.54) is 0 Å². The maximum absolute atomic E-state index is 9.50. The van der Waals surface area contributed by atoms with Crippen molar-refractivity contribution < 1.29 is 19.3 Å². The van der Waals surface area contributed by atoms with Crippen molar-refractivity contribution in [1.29, 1.82) is 5.41 Å². The standard InChI is InChI=1S/C15H17NO2.C2H6.CH3F.CH3N.CH4O/c17-11-10-16-14-6-8-15(9-7-14)18-12-13-4-2-1-3-5-13;4*1-2/h1-9,16-17H,10-12H2;1-2H3;1H3;2H,1H2;2H,1H3. The summed E-state index contributed by atoms with van der Waals surface area (Å²) >= 11 is 0. The zero-order valence-electron chi connectivity index (χ0n) is 16.2. The number of ether oxygens (including phenoxy) is 1. The number of aliphatic hydroxyl groups is 2. The number of benzene rings is 2. The first-order valence-electron chi connectivity index (χ1n) is 8.18. The molecule has 0 bridgehead atoms. The Hall–Kier alpha value is -2.44. The van der Waals surface area contributed by atoms with Gasteiger partial charge in [-0.15, -0.1) is 0 Å². The topological polar surface area (TPSA) is 85.6 Å². The summed E-state index contributed by atoms with van der Waals surface area (Å²) < 4.78 is 15.2. The third kappa shape index (κ3) is 15.1. The van der Waals surface area contributed by atoms with E-state index < -0.39 is 0 Å². The molecule has 0 saturated carbocycles. The van der Waals surface area contributed by atoms with E-state index in [4.69, 9.17) is 20.4 Å². The molecule has 0 aliphatic heterocycles. The van der Waals surface area contributed by atoms with Crippen molar-refractivity contribution in [3.63, 3.8) is 0 Å². The lowest BCUT2D eigenvalue weighted by molar-refractivity contribution is 0.306. The average Bonchev–Trinajstić information content (AvgIpc) is 2.78. The highest BCUT2D eigenvalue weighted by Gasteiger charge is 1.96. The molecule has 0 aliphatic carbocycles. The SMILES string of the molecule is C=N.CC.CF.CO.OCCNc1ccc(OCc2ccccc2)cc1. The molecule has 0 amide bonds. The van der Waals surface area contributed by atoms with Crippen molar-refractivity contribution in [2.45, 2.75) is 20.5 Å². The molecule has 0 radical (unpaired) electrons. The van der Waals surface area contributed by atoms with Crippen LogP contribution in [0.4, 0.5) is 10.1 Å². The Kier molecular flexibility index (Phi) is 27.1. The van der Waals surface area contributed by atoms with Crippen molar-refractivity contribution in [2.24, 2.45) is 0 Å². The molecular formula is C20H33FN2O3. The predicted molar refractivity (Wildman–Crippen MR) is 109 cm³/mol. The van der Waals surface area contributed by atoms with Crippen molar-refractivity contribution in [3.8, 4) is 5.75 Å². The highest BCUT2D eigenvalue weighted by atomic mass is 19.1. The van der Waals surface area contributed by atoms with Gasteiger partial charge in [-0.25, -0.2) is 0 Å². The van der Waals surface area contributed by atoms with Gasteiger partial charge in [0, 0.05) is 19.3 Å². The Morgan fingerprint density at radius 3 is 1.92 bits per heavy atom. The second-order valence-electron chi connectivity index (χ2n) is 3.95. The number of rotatable bonds is 6. The second kappa shape index (κ2) is 24.8. The van der Waals surface area contributed by atoms with Crippen LogP contribution in [0.5, 0.6) is 5.75 Å². The quantitative estimate of drug-likeness (QED) is 0.577. The van der Waals surface area contributed by atoms with Crippen molar-refractivity contribution in [2.75, 3.05) is 32.8 Å². The van der Waals surface area contributed by atoms with E-state index in [2.05, 4.69) is 12.0 Å². The lowest BCUT2D eigenvalue weighted by Gasteiger charge is -2.08. The van der Waals surface area contributed by atoms with Gasteiger partial charge in [0.1, 0.15) is 12.4 Å². The van der Waals surface area contributed by atoms with Crippen LogP contribution in [-0.4, -0.2) is 44.4 Å². The van der Waals surface area contributed by atoms with Gasteiger partial charge in [0.15, 0.2) is 0 Å². The first-order valence-corrected chi connectivity index (χ1v) is 8.18. The highest BCUT2D eigenvalue weighted by molar-refractivity contribution is 5.46. The summed E-state index contributed by atoms with van der Waals surface area (Å²) in [6.45, 7) is 7.76. The Bertz CT molecular complexity index is 482. The van der Waals surface area contributed by atoms with E-state index in [-0.39, 0.29) is 6.61 Å². The molecule has 4 N–H and O–H groups in total. The molecule has 2 rings (SSSR count). The van der Waals surface area contributed by atoms with Gasteiger partial charge in [-0.1, -0.05) is 44.2 Å². The molecule has 6 heteroatoms. The van der Waals surface area contributed by atoms with Crippen molar-refractivity contribution in [3.05, 3.63) is 60.2 Å². The number of hydrogen-bond donors (Lipinski definition) is 4. The maximum Gasteiger partial charge on any atom is 0.119 e. The van der Waals surface area contributed by atoms with E-state index in [0.29, 0.717) is 20.3 Å². The summed E-state index contributed by atoms with van der Waals surface area (Å²) in [6, 6.07) is 17.8. The molecule has 0 fully saturated rings. The lowest BCUT2D eigenvalue weighted by Crippen LogP contribution is -2.05. The Labute approximate surface area is 157 Å². The van der Waals surface area contributed by atoms with Crippen LogP contribution in [0.1, 0.15) is 19.4 Å². The second-order valence-corrected chi connectivity index (χ2v) is 3.95. The van der Waals surface area contributed by atoms with Gasteiger partial charge in [-0.05, 0) is 36.5 Å². The van der Waals surface area contributed by atoms with E-state index in [0.717, 1.165) is 24.1 Å². The summed E-state index contributed by atoms with van der Waals surface area (Å²) in [6.07, 6.45) is 0. The predicted octanol–water partition coefficient (Wildman–Crippen LogP) is 4.16. The summed E-state index contributed by atoms with van der Waals surface area (Å²) in [5.74, 6) is 0.841. The van der Waals surface area contributed by atoms with Crippen LogP contribution in [0.3, 0.4) is 0 Å². The minimum absolute atomic E-state index is 0.131. The summed E-state index contributed by atoms with van der Waals surface area (Å²) in [5, 5.41) is 24.3. The Morgan fingerprint density at radius 1 is 0.962 bits per heavy atom. The van der Waals surface area contributed by atoms with Crippen LogP contribution in [0.15, 0.2) is 54.6 Å². The zero-order chi connectivity index (χ0) is 20.6. The fraction of sp³-hybridized carbons (Fsp3) is 0.350. The van der Waals surface area contributed by atoms with E-state index >= 15 is 0 Å². The largest absolute Gasteiger partial charge is 0.489 e. The molecule has 5 nitrogen and oxygen atoms in total. The van der Waals surface area contributed by atoms with Crippen LogP contribution in [0.2, 0.25) is 0 Å². The first kappa shape index (κ1) is 28.4. The van der Waals surface area contributed by atoms with Crippen LogP contribution in [-0.2, 0) is 6.61 Å². The number of anilines is 1. The minimum atomic E-state index is 0.131. The number of hydrogen-bond acceptors (Lipinski definition) is 5. The molecule has 26 heavy (non-hydrogen) atoms. The van der Waals surface area contributed by atoms with Crippen molar-refractivity contribution >= 4 is 12.4 Å². The Balaban J connectivity index is -0.000000585. The van der Waals surface area contributed by atoms with Crippen LogP contribution in [0.25, 0.3) is 0 Å². The fourth-order valence-electron chi connectivity index (χ4n) is 1.61. The number of aliphatic hydroxyl groups excluding tert-OH is 2. The van der Waals surface area contributed by atoms with Gasteiger partial charge >= 0.3 is 0 Å². The molecule has 0 unspecified atom stereocenters. The molecule has 2 aromatic carbocycles. The molecule has 0 spiro atoms. The van der Waals surface area contributed by atoms with Gasteiger partial charge in [-0.3, -0.25) is 4.39 Å². The highest BCUT2D eigenvalue weighted by Crippen LogP contribution is 2.16. The molecule has 148 valence electrons. The van der Waals surface area contributed by atoms with Crippen LogP contribution < -0.4 is 10.1 Å².